The summed E-state index contributed by atoms with van der Waals surface area (Å²) >= 11 is 1.43. The van der Waals surface area contributed by atoms with E-state index in [0.29, 0.717) is 43.8 Å². The molecule has 0 radical (unpaired) electrons. The Labute approximate surface area is 146 Å². The van der Waals surface area contributed by atoms with Crippen molar-refractivity contribution in [2.45, 2.75) is 33.2 Å². The van der Waals surface area contributed by atoms with Gasteiger partial charge in [-0.15, -0.1) is 0 Å². The van der Waals surface area contributed by atoms with Crippen LogP contribution >= 0.6 is 11.3 Å². The first-order chi connectivity index (χ1) is 11.5. The lowest BCUT2D eigenvalue weighted by atomic mass is 10.1. The minimum atomic E-state index is -0.232. The summed E-state index contributed by atoms with van der Waals surface area (Å²) in [5.74, 6) is 0.305. The van der Waals surface area contributed by atoms with E-state index in [1.165, 1.54) is 11.3 Å². The number of ether oxygens (including phenoxy) is 2. The Bertz CT molecular complexity index is 574. The predicted octanol–water partition coefficient (Wildman–Crippen LogP) is 1.68. The van der Waals surface area contributed by atoms with Crippen molar-refractivity contribution < 1.29 is 19.1 Å². The zero-order chi connectivity index (χ0) is 17.5. The number of carbonyl (C=O) groups is 2. The van der Waals surface area contributed by atoms with Gasteiger partial charge in [0.2, 0.25) is 5.91 Å². The summed E-state index contributed by atoms with van der Waals surface area (Å²) in [4.78, 5) is 31.4. The van der Waals surface area contributed by atoms with Crippen molar-refractivity contribution in [3.63, 3.8) is 0 Å². The number of thiazole rings is 1. The van der Waals surface area contributed by atoms with Gasteiger partial charge in [-0.05, 0) is 5.92 Å². The van der Waals surface area contributed by atoms with E-state index in [1.54, 1.807) is 7.11 Å². The van der Waals surface area contributed by atoms with Gasteiger partial charge >= 0.3 is 0 Å². The number of nitrogens with zero attached hydrogens (tertiary/aromatic N) is 2. The van der Waals surface area contributed by atoms with Crippen molar-refractivity contribution in [1.82, 2.24) is 9.88 Å². The summed E-state index contributed by atoms with van der Waals surface area (Å²) < 4.78 is 10.0. The molecule has 1 aromatic heterocycles. The molecule has 0 atom stereocenters. The van der Waals surface area contributed by atoms with Crippen LogP contribution in [-0.2, 0) is 32.0 Å². The topological polar surface area (TPSA) is 80.8 Å². The largest absolute Gasteiger partial charge is 0.382 e. The van der Waals surface area contributed by atoms with E-state index >= 15 is 0 Å². The molecule has 0 saturated carbocycles. The minimum Gasteiger partial charge on any atom is -0.382 e. The second-order valence-electron chi connectivity index (χ2n) is 6.15. The van der Waals surface area contributed by atoms with E-state index in [2.05, 4.69) is 10.3 Å². The molecule has 0 aliphatic carbocycles. The number of anilines is 1. The smallest absolute Gasteiger partial charge is 0.252 e. The summed E-state index contributed by atoms with van der Waals surface area (Å²) in [5.41, 5.74) is 0.976. The first-order valence-corrected chi connectivity index (χ1v) is 8.94. The molecule has 134 valence electrons. The average molecular weight is 355 g/mol. The van der Waals surface area contributed by atoms with E-state index < -0.39 is 0 Å². The van der Waals surface area contributed by atoms with Gasteiger partial charge < -0.3 is 14.4 Å². The van der Waals surface area contributed by atoms with Crippen molar-refractivity contribution in [2.24, 2.45) is 5.92 Å². The third-order valence-electron chi connectivity index (χ3n) is 3.58. The second-order valence-corrected chi connectivity index (χ2v) is 7.23. The quantitative estimate of drug-likeness (QED) is 0.718. The molecule has 8 heteroatoms. The van der Waals surface area contributed by atoms with Crippen LogP contribution in [0.5, 0.6) is 0 Å². The molecule has 0 bridgehead atoms. The van der Waals surface area contributed by atoms with E-state index in [4.69, 9.17) is 9.47 Å². The fraction of sp³-hybridized carbons (Fsp3) is 0.688. The van der Waals surface area contributed by atoms with Crippen LogP contribution in [0.4, 0.5) is 5.13 Å². The summed E-state index contributed by atoms with van der Waals surface area (Å²) in [6.45, 7) is 6.18. The number of fused-ring (bicyclic) bond motifs is 1. The van der Waals surface area contributed by atoms with Crippen LogP contribution in [-0.4, -0.2) is 55.2 Å². The summed E-state index contributed by atoms with van der Waals surface area (Å²) in [5, 5.41) is 3.32. The van der Waals surface area contributed by atoms with Gasteiger partial charge in [-0.2, -0.15) is 0 Å². The minimum absolute atomic E-state index is 0.0212. The predicted molar refractivity (Wildman–Crippen MR) is 92.0 cm³/mol. The monoisotopic (exact) mass is 355 g/mol. The van der Waals surface area contributed by atoms with Gasteiger partial charge in [0, 0.05) is 31.4 Å². The molecule has 1 aromatic rings. The Morgan fingerprint density at radius 1 is 1.38 bits per heavy atom. The maximum Gasteiger partial charge on any atom is 0.252 e. The third-order valence-corrected chi connectivity index (χ3v) is 4.58. The van der Waals surface area contributed by atoms with Crippen LogP contribution in [0.3, 0.4) is 0 Å². The Kier molecular flexibility index (Phi) is 7.14. The van der Waals surface area contributed by atoms with E-state index in [-0.39, 0.29) is 18.4 Å². The molecule has 7 nitrogen and oxygen atoms in total. The van der Waals surface area contributed by atoms with Crippen molar-refractivity contribution in [1.29, 1.82) is 0 Å². The maximum absolute atomic E-state index is 12.2. The van der Waals surface area contributed by atoms with Crippen LogP contribution in [0.15, 0.2) is 0 Å². The molecule has 0 fully saturated rings. The fourth-order valence-corrected chi connectivity index (χ4v) is 3.44. The van der Waals surface area contributed by atoms with Gasteiger partial charge in [-0.25, -0.2) is 4.98 Å². The molecule has 2 rings (SSSR count). The number of rotatable bonds is 8. The Morgan fingerprint density at radius 2 is 2.17 bits per heavy atom. The van der Waals surface area contributed by atoms with Crippen LogP contribution in [0.2, 0.25) is 0 Å². The Hall–Kier alpha value is -1.51. The molecule has 0 saturated heterocycles. The molecule has 24 heavy (non-hydrogen) atoms. The van der Waals surface area contributed by atoms with Crippen molar-refractivity contribution >= 4 is 28.3 Å². The van der Waals surface area contributed by atoms with Crippen LogP contribution < -0.4 is 5.32 Å². The molecule has 0 aromatic carbocycles. The summed E-state index contributed by atoms with van der Waals surface area (Å²) in [6, 6.07) is 0. The molecule has 1 aliphatic rings. The molecule has 2 amide bonds. The molecule has 2 heterocycles. The van der Waals surface area contributed by atoms with Gasteiger partial charge in [0.25, 0.3) is 5.91 Å². The first kappa shape index (κ1) is 18.8. The first-order valence-electron chi connectivity index (χ1n) is 8.12. The van der Waals surface area contributed by atoms with Crippen LogP contribution in [0.1, 0.15) is 30.8 Å². The number of methoxy groups -OCH3 is 1. The van der Waals surface area contributed by atoms with Crippen molar-refractivity contribution in [3.8, 4) is 0 Å². The zero-order valence-corrected chi connectivity index (χ0v) is 15.3. The lowest BCUT2D eigenvalue weighted by Gasteiger charge is -2.26. The molecule has 0 spiro atoms. The standard InChI is InChI=1S/C16H25N3O4S/c1-11(2)8-15(21)19-5-4-12-13(9-19)24-16(17-12)18-14(20)10-23-7-6-22-3/h11H,4-10H2,1-3H3,(H,17,18,20). The number of hydrogen-bond acceptors (Lipinski definition) is 6. The lowest BCUT2D eigenvalue weighted by Crippen LogP contribution is -2.36. The van der Waals surface area contributed by atoms with E-state index in [1.807, 2.05) is 18.7 Å². The number of hydrogen-bond donors (Lipinski definition) is 1. The molecular weight excluding hydrogens is 330 g/mol. The van der Waals surface area contributed by atoms with Gasteiger partial charge in [0.1, 0.15) is 6.61 Å². The van der Waals surface area contributed by atoms with Gasteiger partial charge in [-0.1, -0.05) is 25.2 Å². The number of carbonyl (C=O) groups excluding carboxylic acids is 2. The van der Waals surface area contributed by atoms with Crippen molar-refractivity contribution in [2.75, 3.05) is 38.8 Å². The Balaban J connectivity index is 1.86. The molecule has 1 aliphatic heterocycles. The zero-order valence-electron chi connectivity index (χ0n) is 14.5. The molecular formula is C16H25N3O4S. The number of amides is 2. The molecule has 1 N–H and O–H groups in total. The third kappa shape index (κ3) is 5.54. The highest BCUT2D eigenvalue weighted by Gasteiger charge is 2.24. The van der Waals surface area contributed by atoms with E-state index in [0.717, 1.165) is 17.0 Å². The van der Waals surface area contributed by atoms with Gasteiger partial charge in [0.05, 0.1) is 25.5 Å². The van der Waals surface area contributed by atoms with Crippen LogP contribution in [0, 0.1) is 5.92 Å². The van der Waals surface area contributed by atoms with Crippen LogP contribution in [0.25, 0.3) is 0 Å². The van der Waals surface area contributed by atoms with Gasteiger partial charge in [-0.3, -0.25) is 14.9 Å². The Morgan fingerprint density at radius 3 is 2.88 bits per heavy atom. The lowest BCUT2D eigenvalue weighted by molar-refractivity contribution is -0.132. The van der Waals surface area contributed by atoms with Gasteiger partial charge in [0.15, 0.2) is 5.13 Å². The number of aromatic nitrogens is 1. The SMILES string of the molecule is COCCOCC(=O)Nc1nc2c(s1)CN(C(=O)CC(C)C)CC2. The van der Waals surface area contributed by atoms with E-state index in [9.17, 15) is 9.59 Å². The fourth-order valence-electron chi connectivity index (χ4n) is 2.40. The average Bonchev–Trinajstić information content (AvgIpc) is 2.92. The maximum atomic E-state index is 12.2. The summed E-state index contributed by atoms with van der Waals surface area (Å²) in [7, 11) is 1.58. The molecule has 0 unspecified atom stereocenters. The summed E-state index contributed by atoms with van der Waals surface area (Å²) in [6.07, 6.45) is 1.30. The number of nitrogens with one attached hydrogen (secondary N) is 1. The highest BCUT2D eigenvalue weighted by Crippen LogP contribution is 2.28. The second kappa shape index (κ2) is 9.10. The van der Waals surface area contributed by atoms with Crippen molar-refractivity contribution in [3.05, 3.63) is 10.6 Å². The highest BCUT2D eigenvalue weighted by molar-refractivity contribution is 7.15. The normalized spacial score (nSPS) is 13.9. The highest BCUT2D eigenvalue weighted by atomic mass is 32.1.